The highest BCUT2D eigenvalue weighted by atomic mass is 32.1. The van der Waals surface area contributed by atoms with Gasteiger partial charge in [-0.2, -0.15) is 0 Å². The summed E-state index contributed by atoms with van der Waals surface area (Å²) in [6.45, 7) is 3.70. The van der Waals surface area contributed by atoms with Gasteiger partial charge in [-0.1, -0.05) is 30.3 Å². The zero-order valence-electron chi connectivity index (χ0n) is 12.8. The lowest BCUT2D eigenvalue weighted by atomic mass is 10.2. The van der Waals surface area contributed by atoms with E-state index in [1.807, 2.05) is 34.9 Å². The van der Waals surface area contributed by atoms with E-state index in [0.717, 1.165) is 22.6 Å². The maximum absolute atomic E-state index is 12.0. The summed E-state index contributed by atoms with van der Waals surface area (Å²) in [6.07, 6.45) is 1.59. The minimum absolute atomic E-state index is 0.151. The molecule has 0 radical (unpaired) electrons. The predicted molar refractivity (Wildman–Crippen MR) is 92.5 cm³/mol. The monoisotopic (exact) mass is 324 g/mol. The zero-order chi connectivity index (χ0) is 15.8. The van der Waals surface area contributed by atoms with Crippen molar-refractivity contribution in [3.63, 3.8) is 0 Å². The summed E-state index contributed by atoms with van der Waals surface area (Å²) in [5.74, 6) is 0.996. The molecule has 116 valence electrons. The molecule has 3 heterocycles. The molecule has 1 aromatic carbocycles. The van der Waals surface area contributed by atoms with Gasteiger partial charge in [-0.3, -0.25) is 4.79 Å². The Morgan fingerprint density at radius 2 is 2.04 bits per heavy atom. The third-order valence-corrected chi connectivity index (χ3v) is 5.16. The number of likely N-dealkylation sites (N-methyl/N-ethyl adjacent to an activating group) is 1. The number of anilines is 1. The summed E-state index contributed by atoms with van der Waals surface area (Å²) in [7, 11) is 0. The molecule has 0 saturated carbocycles. The topological polar surface area (TPSA) is 49.3 Å². The Kier molecular flexibility index (Phi) is 3.46. The lowest BCUT2D eigenvalue weighted by Crippen LogP contribution is -2.27. The lowest BCUT2D eigenvalue weighted by molar-refractivity contribution is -0.126. The fourth-order valence-electron chi connectivity index (χ4n) is 2.86. The molecule has 0 atom stereocenters. The molecule has 0 unspecified atom stereocenters. The van der Waals surface area contributed by atoms with Crippen LogP contribution in [0.1, 0.15) is 6.92 Å². The first-order valence-corrected chi connectivity index (χ1v) is 8.40. The van der Waals surface area contributed by atoms with Crippen molar-refractivity contribution in [3.05, 3.63) is 42.7 Å². The van der Waals surface area contributed by atoms with Crippen molar-refractivity contribution in [2.45, 2.75) is 6.92 Å². The molecule has 0 N–H and O–H groups in total. The molecule has 1 saturated heterocycles. The Bertz CT molecular complexity index is 861. The lowest BCUT2D eigenvalue weighted by Gasteiger charge is -2.17. The molecular formula is C17H16N4OS. The molecule has 1 aliphatic heterocycles. The second-order valence-electron chi connectivity index (χ2n) is 5.48. The predicted octanol–water partition coefficient (Wildman–Crippen LogP) is 2.98. The largest absolute Gasteiger partial charge is 0.329 e. The Morgan fingerprint density at radius 3 is 2.78 bits per heavy atom. The van der Waals surface area contributed by atoms with E-state index in [4.69, 9.17) is 0 Å². The average molecular weight is 324 g/mol. The average Bonchev–Trinajstić information content (AvgIpc) is 3.18. The van der Waals surface area contributed by atoms with Crippen LogP contribution in [-0.2, 0) is 4.79 Å². The van der Waals surface area contributed by atoms with Crippen molar-refractivity contribution >= 4 is 33.3 Å². The van der Waals surface area contributed by atoms with Crippen LogP contribution in [0.25, 0.3) is 20.7 Å². The van der Waals surface area contributed by atoms with Crippen LogP contribution >= 0.6 is 11.3 Å². The van der Waals surface area contributed by atoms with Crippen LogP contribution in [0.15, 0.2) is 42.7 Å². The molecule has 0 spiro atoms. The molecule has 1 amide bonds. The number of aromatic nitrogens is 2. The van der Waals surface area contributed by atoms with Crippen molar-refractivity contribution in [2.75, 3.05) is 24.7 Å². The minimum Gasteiger partial charge on any atom is -0.329 e. The second-order valence-corrected chi connectivity index (χ2v) is 6.51. The maximum atomic E-state index is 12.0. The third-order valence-electron chi connectivity index (χ3n) is 4.07. The van der Waals surface area contributed by atoms with Crippen molar-refractivity contribution in [2.24, 2.45) is 0 Å². The first-order chi connectivity index (χ1) is 11.3. The number of thiophene rings is 1. The SMILES string of the molecule is CCN1CN(c2ncnc3sc(-c4ccccc4)cc23)CC1=O. The number of carbonyl (C=O) groups is 1. The Hall–Kier alpha value is -2.47. The van der Waals surface area contributed by atoms with Crippen molar-refractivity contribution in [3.8, 4) is 10.4 Å². The van der Waals surface area contributed by atoms with Gasteiger partial charge in [0, 0.05) is 11.4 Å². The van der Waals surface area contributed by atoms with E-state index in [0.29, 0.717) is 13.2 Å². The number of rotatable bonds is 3. The van der Waals surface area contributed by atoms with E-state index in [1.54, 1.807) is 17.7 Å². The van der Waals surface area contributed by atoms with Gasteiger partial charge in [-0.15, -0.1) is 11.3 Å². The molecule has 2 aromatic heterocycles. The smallest absolute Gasteiger partial charge is 0.243 e. The summed E-state index contributed by atoms with van der Waals surface area (Å²) in [5, 5.41) is 1.02. The Morgan fingerprint density at radius 1 is 1.22 bits per heavy atom. The third kappa shape index (κ3) is 2.45. The fourth-order valence-corrected chi connectivity index (χ4v) is 3.86. The molecular weight excluding hydrogens is 308 g/mol. The van der Waals surface area contributed by atoms with Gasteiger partial charge in [0.15, 0.2) is 0 Å². The van der Waals surface area contributed by atoms with Crippen molar-refractivity contribution in [1.29, 1.82) is 0 Å². The zero-order valence-corrected chi connectivity index (χ0v) is 13.6. The van der Waals surface area contributed by atoms with E-state index in [-0.39, 0.29) is 5.91 Å². The maximum Gasteiger partial charge on any atom is 0.243 e. The summed E-state index contributed by atoms with van der Waals surface area (Å²) < 4.78 is 0. The molecule has 23 heavy (non-hydrogen) atoms. The van der Waals surface area contributed by atoms with E-state index in [2.05, 4.69) is 28.2 Å². The number of benzene rings is 1. The summed E-state index contributed by atoms with van der Waals surface area (Å²) in [5.41, 5.74) is 1.18. The van der Waals surface area contributed by atoms with Crippen LogP contribution in [0.4, 0.5) is 5.82 Å². The van der Waals surface area contributed by atoms with Gasteiger partial charge in [-0.25, -0.2) is 9.97 Å². The van der Waals surface area contributed by atoms with Gasteiger partial charge in [0.25, 0.3) is 0 Å². The standard InChI is InChI=1S/C17H16N4OS/c1-2-20-11-21(9-15(20)22)16-13-8-14(12-6-4-3-5-7-12)23-17(13)19-10-18-16/h3-8,10H,2,9,11H2,1H3. The molecule has 0 bridgehead atoms. The van der Waals surface area contributed by atoms with Crippen LogP contribution in [0.3, 0.4) is 0 Å². The Balaban J connectivity index is 1.77. The van der Waals surface area contributed by atoms with Gasteiger partial charge < -0.3 is 9.80 Å². The van der Waals surface area contributed by atoms with Crippen LogP contribution in [0.2, 0.25) is 0 Å². The van der Waals surface area contributed by atoms with E-state index >= 15 is 0 Å². The van der Waals surface area contributed by atoms with E-state index in [9.17, 15) is 4.79 Å². The first-order valence-electron chi connectivity index (χ1n) is 7.59. The normalized spacial score (nSPS) is 14.9. The number of hydrogen-bond donors (Lipinski definition) is 0. The number of nitrogens with zero attached hydrogens (tertiary/aromatic N) is 4. The minimum atomic E-state index is 0.151. The highest BCUT2D eigenvalue weighted by molar-refractivity contribution is 7.21. The van der Waals surface area contributed by atoms with Gasteiger partial charge >= 0.3 is 0 Å². The van der Waals surface area contributed by atoms with Crippen LogP contribution in [-0.4, -0.2) is 40.5 Å². The number of carbonyl (C=O) groups excluding carboxylic acids is 1. The molecule has 0 aliphatic carbocycles. The van der Waals surface area contributed by atoms with Crippen LogP contribution < -0.4 is 4.90 Å². The molecule has 3 aromatic rings. The molecule has 4 rings (SSSR count). The second kappa shape index (κ2) is 5.62. The first kappa shape index (κ1) is 14.1. The molecule has 5 nitrogen and oxygen atoms in total. The van der Waals surface area contributed by atoms with Gasteiger partial charge in [0.05, 0.1) is 12.1 Å². The molecule has 1 aliphatic rings. The quantitative estimate of drug-likeness (QED) is 0.743. The highest BCUT2D eigenvalue weighted by Gasteiger charge is 2.28. The summed E-state index contributed by atoms with van der Waals surface area (Å²) in [6, 6.07) is 12.4. The van der Waals surface area contributed by atoms with Crippen LogP contribution in [0.5, 0.6) is 0 Å². The van der Waals surface area contributed by atoms with Crippen molar-refractivity contribution in [1.82, 2.24) is 14.9 Å². The van der Waals surface area contributed by atoms with Crippen molar-refractivity contribution < 1.29 is 4.79 Å². The fraction of sp³-hybridized carbons (Fsp3) is 0.235. The number of amides is 1. The van der Waals surface area contributed by atoms with Gasteiger partial charge in [-0.05, 0) is 18.6 Å². The molecule has 1 fully saturated rings. The van der Waals surface area contributed by atoms with E-state index < -0.39 is 0 Å². The van der Waals surface area contributed by atoms with Crippen LogP contribution in [0, 0.1) is 0 Å². The summed E-state index contributed by atoms with van der Waals surface area (Å²) >= 11 is 1.65. The highest BCUT2D eigenvalue weighted by Crippen LogP contribution is 2.36. The number of fused-ring (bicyclic) bond motifs is 1. The van der Waals surface area contributed by atoms with Gasteiger partial charge in [0.2, 0.25) is 5.91 Å². The van der Waals surface area contributed by atoms with E-state index in [1.165, 1.54) is 10.4 Å². The molecule has 6 heteroatoms. The number of hydrogen-bond acceptors (Lipinski definition) is 5. The van der Waals surface area contributed by atoms with Gasteiger partial charge in [0.1, 0.15) is 23.5 Å². The Labute approximate surface area is 138 Å². The summed E-state index contributed by atoms with van der Waals surface area (Å²) in [4.78, 5) is 26.8.